The van der Waals surface area contributed by atoms with Crippen LogP contribution in [0.25, 0.3) is 0 Å². The monoisotopic (exact) mass is 157 g/mol. The Hall–Kier alpha value is -1.49. The van der Waals surface area contributed by atoms with E-state index in [9.17, 15) is 0 Å². The van der Waals surface area contributed by atoms with Crippen molar-refractivity contribution in [1.29, 1.82) is 5.26 Å². The Morgan fingerprint density at radius 1 is 1.50 bits per heavy atom. The van der Waals surface area contributed by atoms with E-state index < -0.39 is 0 Å². The van der Waals surface area contributed by atoms with Crippen LogP contribution >= 0.6 is 0 Å². The highest BCUT2D eigenvalue weighted by molar-refractivity contribution is 5.51. The van der Waals surface area contributed by atoms with Gasteiger partial charge >= 0.3 is 0 Å². The van der Waals surface area contributed by atoms with E-state index in [1.165, 1.54) is 0 Å². The van der Waals surface area contributed by atoms with Crippen LogP contribution in [0.2, 0.25) is 0 Å². The van der Waals surface area contributed by atoms with Crippen LogP contribution in [0, 0.1) is 17.8 Å². The molecule has 0 amide bonds. The second-order valence-electron chi connectivity index (χ2n) is 2.57. The third-order valence-corrected chi connectivity index (χ3v) is 1.80. The summed E-state index contributed by atoms with van der Waals surface area (Å²) in [5.74, 6) is 0.686. The third kappa shape index (κ3) is 1.04. The summed E-state index contributed by atoms with van der Waals surface area (Å²) >= 11 is 0. The first kappa shape index (κ1) is 7.17. The number of hydrogen-bond donors (Lipinski definition) is 0. The van der Waals surface area contributed by atoms with Gasteiger partial charge in [0, 0.05) is 12.0 Å². The fourth-order valence-electron chi connectivity index (χ4n) is 1.26. The summed E-state index contributed by atoms with van der Waals surface area (Å²) in [4.78, 5) is 0. The molecule has 0 fully saturated rings. The molecule has 1 aromatic carbocycles. The van der Waals surface area contributed by atoms with Gasteiger partial charge in [0.25, 0.3) is 0 Å². The van der Waals surface area contributed by atoms with E-state index in [4.69, 9.17) is 10.00 Å². The molecule has 0 unspecified atom stereocenters. The number of benzene rings is 1. The molecule has 2 nitrogen and oxygen atoms in total. The average Bonchev–Trinajstić information content (AvgIpc) is 2.17. The van der Waals surface area contributed by atoms with Gasteiger partial charge in [0.05, 0.1) is 12.2 Å². The predicted molar refractivity (Wildman–Crippen MR) is 43.6 cm³/mol. The molecule has 0 bridgehead atoms. The second kappa shape index (κ2) is 2.86. The van der Waals surface area contributed by atoms with Gasteiger partial charge in [-0.25, -0.2) is 0 Å². The molecule has 1 aromatic rings. The zero-order valence-electron chi connectivity index (χ0n) is 6.50. The summed E-state index contributed by atoms with van der Waals surface area (Å²) in [7, 11) is 0. The number of hydrogen-bond acceptors (Lipinski definition) is 2. The molecule has 2 heteroatoms. The molecule has 0 aromatic heterocycles. The molecule has 1 aliphatic heterocycles. The number of rotatable bonds is 0. The Labute approximate surface area is 71.4 Å². The van der Waals surface area contributed by atoms with Crippen molar-refractivity contribution in [1.82, 2.24) is 0 Å². The van der Waals surface area contributed by atoms with Crippen LogP contribution in [0.3, 0.4) is 0 Å². The van der Waals surface area contributed by atoms with Crippen LogP contribution in [-0.2, 0) is 0 Å². The van der Waals surface area contributed by atoms with E-state index in [2.05, 4.69) is 12.5 Å². The maximum Gasteiger partial charge on any atom is 0.140 e. The van der Waals surface area contributed by atoms with E-state index in [-0.39, 0.29) is 0 Å². The molecule has 0 N–H and O–H groups in total. The normalized spacial score (nSPS) is 14.2. The Morgan fingerprint density at radius 3 is 3.25 bits per heavy atom. The molecule has 0 saturated heterocycles. The predicted octanol–water partition coefficient (Wildman–Crippen LogP) is 1.77. The standard InChI is InChI=1S/C10H7NO/c11-7-9-4-1-3-8-5-2-6-12-10(8)9/h1,3-4H,2,6H2. The largest absolute Gasteiger partial charge is 0.492 e. The van der Waals surface area contributed by atoms with Gasteiger partial charge in [-0.05, 0) is 12.5 Å². The lowest BCUT2D eigenvalue weighted by atomic mass is 10.0. The number of para-hydroxylation sites is 1. The fourth-order valence-corrected chi connectivity index (χ4v) is 1.26. The highest BCUT2D eigenvalue weighted by atomic mass is 16.5. The van der Waals surface area contributed by atoms with Crippen molar-refractivity contribution in [2.24, 2.45) is 0 Å². The molecule has 0 saturated carbocycles. The topological polar surface area (TPSA) is 33.0 Å². The first-order valence-corrected chi connectivity index (χ1v) is 3.81. The summed E-state index contributed by atoms with van der Waals surface area (Å²) in [6.07, 6.45) is 3.97. The first-order valence-electron chi connectivity index (χ1n) is 3.81. The SMILES string of the molecule is N#Cc1cccc2c1OCC[C]2. The van der Waals surface area contributed by atoms with Crippen LogP contribution in [0.15, 0.2) is 18.2 Å². The van der Waals surface area contributed by atoms with Gasteiger partial charge in [-0.2, -0.15) is 5.26 Å². The van der Waals surface area contributed by atoms with Gasteiger partial charge < -0.3 is 4.74 Å². The van der Waals surface area contributed by atoms with E-state index in [1.54, 1.807) is 6.07 Å². The van der Waals surface area contributed by atoms with Crippen molar-refractivity contribution in [3.05, 3.63) is 35.7 Å². The molecule has 0 spiro atoms. The molecule has 1 aliphatic rings. The van der Waals surface area contributed by atoms with Crippen LogP contribution in [-0.4, -0.2) is 6.61 Å². The molecule has 58 valence electrons. The average molecular weight is 157 g/mol. The molecule has 0 aliphatic carbocycles. The minimum atomic E-state index is 0.597. The minimum Gasteiger partial charge on any atom is -0.492 e. The van der Waals surface area contributed by atoms with Crippen molar-refractivity contribution in [3.8, 4) is 11.8 Å². The van der Waals surface area contributed by atoms with Crippen molar-refractivity contribution in [3.63, 3.8) is 0 Å². The number of nitrogens with zero attached hydrogens (tertiary/aromatic N) is 1. The second-order valence-corrected chi connectivity index (χ2v) is 2.57. The summed E-state index contributed by atoms with van der Waals surface area (Å²) in [5, 5.41) is 8.74. The zero-order chi connectivity index (χ0) is 8.39. The van der Waals surface area contributed by atoms with Gasteiger partial charge in [0.15, 0.2) is 0 Å². The lowest BCUT2D eigenvalue weighted by Gasteiger charge is -2.16. The molecule has 0 atom stereocenters. The number of nitriles is 1. The van der Waals surface area contributed by atoms with Crippen molar-refractivity contribution >= 4 is 0 Å². The number of ether oxygens (including phenoxy) is 1. The maximum absolute atomic E-state index is 8.74. The Bertz CT molecular complexity index is 338. The molecular weight excluding hydrogens is 150 g/mol. The van der Waals surface area contributed by atoms with Gasteiger partial charge in [-0.1, -0.05) is 12.1 Å². The first-order chi connectivity index (χ1) is 5.92. The van der Waals surface area contributed by atoms with Gasteiger partial charge in [-0.15, -0.1) is 0 Å². The quantitative estimate of drug-likeness (QED) is 0.575. The summed E-state index contributed by atoms with van der Waals surface area (Å²) < 4.78 is 5.36. The van der Waals surface area contributed by atoms with Crippen LogP contribution in [0.4, 0.5) is 0 Å². The van der Waals surface area contributed by atoms with Crippen LogP contribution in [0.1, 0.15) is 17.5 Å². The molecule has 12 heavy (non-hydrogen) atoms. The lowest BCUT2D eigenvalue weighted by Crippen LogP contribution is -2.07. The summed E-state index contributed by atoms with van der Waals surface area (Å²) in [6.45, 7) is 0.631. The highest BCUT2D eigenvalue weighted by Crippen LogP contribution is 2.28. The molecule has 1 heterocycles. The van der Waals surface area contributed by atoms with Crippen LogP contribution < -0.4 is 4.74 Å². The van der Waals surface area contributed by atoms with Gasteiger partial charge in [0.2, 0.25) is 0 Å². The fraction of sp³-hybridized carbons (Fsp3) is 0.200. The van der Waals surface area contributed by atoms with E-state index in [0.29, 0.717) is 17.9 Å². The Balaban J connectivity index is 2.53. The zero-order valence-corrected chi connectivity index (χ0v) is 6.50. The van der Waals surface area contributed by atoms with Crippen molar-refractivity contribution in [2.45, 2.75) is 6.42 Å². The van der Waals surface area contributed by atoms with Gasteiger partial charge in [-0.3, -0.25) is 0 Å². The Kier molecular flexibility index (Phi) is 1.71. The lowest BCUT2D eigenvalue weighted by molar-refractivity contribution is 0.305. The minimum absolute atomic E-state index is 0.597. The summed E-state index contributed by atoms with van der Waals surface area (Å²) in [6, 6.07) is 7.60. The van der Waals surface area contributed by atoms with E-state index >= 15 is 0 Å². The highest BCUT2D eigenvalue weighted by Gasteiger charge is 2.13. The summed E-state index contributed by atoms with van der Waals surface area (Å²) in [5.41, 5.74) is 1.51. The van der Waals surface area contributed by atoms with Gasteiger partial charge in [0.1, 0.15) is 11.8 Å². The maximum atomic E-state index is 8.74. The van der Waals surface area contributed by atoms with Crippen molar-refractivity contribution < 1.29 is 4.74 Å². The van der Waals surface area contributed by atoms with Crippen LogP contribution in [0.5, 0.6) is 5.75 Å². The van der Waals surface area contributed by atoms with E-state index in [0.717, 1.165) is 12.0 Å². The molecule has 2 radical (unpaired) electrons. The molecule has 2 rings (SSSR count). The van der Waals surface area contributed by atoms with E-state index in [1.807, 2.05) is 12.1 Å². The smallest absolute Gasteiger partial charge is 0.140 e. The third-order valence-electron chi connectivity index (χ3n) is 1.80. The number of fused-ring (bicyclic) bond motifs is 1. The van der Waals surface area contributed by atoms with Crippen molar-refractivity contribution in [2.75, 3.05) is 6.61 Å². The Morgan fingerprint density at radius 2 is 2.42 bits per heavy atom. The molecular formula is C10H7NO.